The number of hydrogen-bond acceptors (Lipinski definition) is 7. The molecule has 2 heterocycles. The molecule has 1 aromatic heterocycles. The number of halogens is 1. The molecule has 2 aliphatic carbocycles. The largest absolute Gasteiger partial charge is 0.495 e. The second kappa shape index (κ2) is 10.2. The minimum Gasteiger partial charge on any atom is -0.495 e. The van der Waals surface area contributed by atoms with E-state index in [2.05, 4.69) is 20.5 Å². The average Bonchev–Trinajstić information content (AvgIpc) is 3.63. The molecule has 3 N–H and O–H groups in total. The molecule has 1 amide bonds. The van der Waals surface area contributed by atoms with Crippen LogP contribution in [0.5, 0.6) is 5.75 Å². The van der Waals surface area contributed by atoms with Crippen molar-refractivity contribution in [1.82, 2.24) is 15.3 Å². The highest BCUT2D eigenvalue weighted by Crippen LogP contribution is 2.53. The zero-order valence-electron chi connectivity index (χ0n) is 20.2. The molecule has 35 heavy (non-hydrogen) atoms. The van der Waals surface area contributed by atoms with E-state index < -0.39 is 0 Å². The summed E-state index contributed by atoms with van der Waals surface area (Å²) in [4.78, 5) is 24.8. The number of nitrogens with zero attached hydrogens (tertiary/aromatic N) is 3. The zero-order chi connectivity index (χ0) is 24.4. The summed E-state index contributed by atoms with van der Waals surface area (Å²) in [5.41, 5.74) is 1.95. The second-order valence-electron chi connectivity index (χ2n) is 10.2. The summed E-state index contributed by atoms with van der Waals surface area (Å²) in [5.74, 6) is 1.61. The summed E-state index contributed by atoms with van der Waals surface area (Å²) in [6.07, 6.45) is 9.38. The summed E-state index contributed by atoms with van der Waals surface area (Å²) in [6.45, 7) is 2.35. The van der Waals surface area contributed by atoms with Gasteiger partial charge in [0.15, 0.2) is 0 Å². The van der Waals surface area contributed by atoms with E-state index in [4.69, 9.17) is 21.3 Å². The van der Waals surface area contributed by atoms with Crippen LogP contribution in [0.4, 0.5) is 11.8 Å². The molecule has 0 unspecified atom stereocenters. The van der Waals surface area contributed by atoms with Crippen LogP contribution >= 0.6 is 11.6 Å². The van der Waals surface area contributed by atoms with E-state index in [0.29, 0.717) is 52.9 Å². The lowest BCUT2D eigenvalue weighted by atomic mass is 9.93. The third-order valence-electron chi connectivity index (χ3n) is 7.79. The van der Waals surface area contributed by atoms with Crippen molar-refractivity contribution in [1.29, 1.82) is 0 Å². The maximum absolute atomic E-state index is 13.2. The summed E-state index contributed by atoms with van der Waals surface area (Å²) < 4.78 is 5.25. The minimum atomic E-state index is -0.265. The first-order valence-electron chi connectivity index (χ1n) is 12.6. The summed E-state index contributed by atoms with van der Waals surface area (Å²) in [5, 5.41) is 16.8. The lowest BCUT2D eigenvalue weighted by Crippen LogP contribution is -2.39. The van der Waals surface area contributed by atoms with Crippen LogP contribution in [0.2, 0.25) is 5.02 Å². The van der Waals surface area contributed by atoms with Gasteiger partial charge in [0.1, 0.15) is 17.1 Å². The van der Waals surface area contributed by atoms with Crippen LogP contribution in [-0.4, -0.2) is 53.3 Å². The van der Waals surface area contributed by atoms with Gasteiger partial charge in [-0.15, -0.1) is 0 Å². The van der Waals surface area contributed by atoms with Gasteiger partial charge in [-0.1, -0.05) is 17.7 Å². The van der Waals surface area contributed by atoms with Crippen LogP contribution in [0.25, 0.3) is 0 Å². The van der Waals surface area contributed by atoms with Gasteiger partial charge in [0.05, 0.1) is 18.2 Å². The molecular weight excluding hydrogens is 466 g/mol. The van der Waals surface area contributed by atoms with Crippen molar-refractivity contribution in [3.8, 4) is 5.75 Å². The molecule has 3 fully saturated rings. The quantitative estimate of drug-likeness (QED) is 0.526. The predicted octanol–water partition coefficient (Wildman–Crippen LogP) is 4.16. The molecule has 5 rings (SSSR count). The van der Waals surface area contributed by atoms with Gasteiger partial charge in [-0.25, -0.2) is 4.98 Å². The maximum Gasteiger partial charge on any atom is 0.256 e. The molecule has 3 aliphatic rings. The topological polar surface area (TPSA) is 99.6 Å². The van der Waals surface area contributed by atoms with Crippen LogP contribution in [0, 0.1) is 5.41 Å². The highest BCUT2D eigenvalue weighted by atomic mass is 35.5. The number of methoxy groups -OCH3 is 1. The number of rotatable bonds is 7. The van der Waals surface area contributed by atoms with Gasteiger partial charge < -0.3 is 25.4 Å². The van der Waals surface area contributed by atoms with Crippen LogP contribution in [-0.2, 0) is 6.54 Å². The van der Waals surface area contributed by atoms with E-state index in [1.165, 1.54) is 25.7 Å². The fourth-order valence-electron chi connectivity index (χ4n) is 5.17. The Morgan fingerprint density at radius 1 is 1.20 bits per heavy atom. The monoisotopic (exact) mass is 499 g/mol. The van der Waals surface area contributed by atoms with Crippen molar-refractivity contribution in [3.05, 3.63) is 40.5 Å². The second-order valence-corrected chi connectivity index (χ2v) is 10.6. The average molecular weight is 500 g/mol. The number of carbonyl (C=O) groups excluding carboxylic acids is 1. The predicted molar refractivity (Wildman–Crippen MR) is 136 cm³/mol. The molecular formula is C26H34ClN5O3. The molecule has 0 atom stereocenters. The van der Waals surface area contributed by atoms with E-state index in [1.807, 2.05) is 18.2 Å². The van der Waals surface area contributed by atoms with Crippen molar-refractivity contribution in [2.75, 3.05) is 30.4 Å². The lowest BCUT2D eigenvalue weighted by Gasteiger charge is -2.32. The van der Waals surface area contributed by atoms with Gasteiger partial charge in [-0.05, 0) is 74.5 Å². The third-order valence-corrected chi connectivity index (χ3v) is 8.09. The van der Waals surface area contributed by atoms with E-state index in [1.54, 1.807) is 13.3 Å². The molecule has 2 aromatic rings. The normalized spacial score (nSPS) is 23.1. The Kier molecular flexibility index (Phi) is 7.02. The van der Waals surface area contributed by atoms with Crippen LogP contribution in [0.3, 0.4) is 0 Å². The standard InChI is InChI=1S/C26H34ClN5O3/c1-35-22-7-2-17(14-21(22)27)15-28-23-20(24(34)30-18-3-5-19(33)6-4-18)16-29-25(31-23)32-12-10-26(8-9-26)11-13-32/h2,7,14,16,18-19,33H,3-6,8-13,15H2,1H3,(H,30,34)(H,28,29,31). The molecule has 9 heteroatoms. The Labute approximate surface area is 211 Å². The molecule has 1 aliphatic heterocycles. The number of piperidine rings is 1. The fraction of sp³-hybridized carbons (Fsp3) is 0.577. The summed E-state index contributed by atoms with van der Waals surface area (Å²) in [7, 11) is 1.59. The van der Waals surface area contributed by atoms with Gasteiger partial charge in [-0.3, -0.25) is 4.79 Å². The van der Waals surface area contributed by atoms with Crippen molar-refractivity contribution in [2.24, 2.45) is 5.41 Å². The number of amides is 1. The van der Waals surface area contributed by atoms with E-state index in [-0.39, 0.29) is 18.1 Å². The Hall–Kier alpha value is -2.58. The number of carbonyl (C=O) groups is 1. The zero-order valence-corrected chi connectivity index (χ0v) is 21.0. The molecule has 0 radical (unpaired) electrons. The molecule has 1 spiro atoms. The lowest BCUT2D eigenvalue weighted by molar-refractivity contribution is 0.0867. The highest BCUT2D eigenvalue weighted by molar-refractivity contribution is 6.32. The maximum atomic E-state index is 13.2. The van der Waals surface area contributed by atoms with Gasteiger partial charge in [0.2, 0.25) is 5.95 Å². The first-order valence-corrected chi connectivity index (χ1v) is 13.0. The number of aromatic nitrogens is 2. The molecule has 2 saturated carbocycles. The number of anilines is 2. The number of benzene rings is 1. The Morgan fingerprint density at radius 2 is 1.94 bits per heavy atom. The number of aliphatic hydroxyl groups is 1. The van der Waals surface area contributed by atoms with E-state index in [0.717, 1.165) is 31.5 Å². The molecule has 1 saturated heterocycles. The number of nitrogens with one attached hydrogen (secondary N) is 2. The summed E-state index contributed by atoms with van der Waals surface area (Å²) >= 11 is 6.30. The number of aliphatic hydroxyl groups excluding tert-OH is 1. The van der Waals surface area contributed by atoms with Gasteiger partial charge in [-0.2, -0.15) is 4.98 Å². The van der Waals surface area contributed by atoms with Crippen LogP contribution in [0.1, 0.15) is 67.3 Å². The van der Waals surface area contributed by atoms with Gasteiger partial charge in [0, 0.05) is 31.9 Å². The highest BCUT2D eigenvalue weighted by Gasteiger charge is 2.44. The van der Waals surface area contributed by atoms with Gasteiger partial charge >= 0.3 is 0 Å². The first kappa shape index (κ1) is 24.1. The van der Waals surface area contributed by atoms with Crippen molar-refractivity contribution in [2.45, 2.75) is 70.1 Å². The van der Waals surface area contributed by atoms with Crippen molar-refractivity contribution >= 4 is 29.3 Å². The molecule has 0 bridgehead atoms. The molecule has 1 aromatic carbocycles. The third kappa shape index (κ3) is 5.64. The van der Waals surface area contributed by atoms with Crippen LogP contribution < -0.4 is 20.3 Å². The van der Waals surface area contributed by atoms with E-state index >= 15 is 0 Å². The minimum absolute atomic E-state index is 0.0515. The fourth-order valence-corrected chi connectivity index (χ4v) is 5.45. The first-order chi connectivity index (χ1) is 16.9. The van der Waals surface area contributed by atoms with Gasteiger partial charge in [0.25, 0.3) is 5.91 Å². The van der Waals surface area contributed by atoms with Crippen molar-refractivity contribution < 1.29 is 14.6 Å². The molecule has 188 valence electrons. The number of hydrogen-bond donors (Lipinski definition) is 3. The van der Waals surface area contributed by atoms with Crippen LogP contribution in [0.15, 0.2) is 24.4 Å². The number of ether oxygens (including phenoxy) is 1. The summed E-state index contributed by atoms with van der Waals surface area (Å²) in [6, 6.07) is 5.67. The Bertz CT molecular complexity index is 1060. The Morgan fingerprint density at radius 3 is 2.60 bits per heavy atom. The van der Waals surface area contributed by atoms with Crippen molar-refractivity contribution in [3.63, 3.8) is 0 Å². The SMILES string of the molecule is COc1ccc(CNc2nc(N3CCC4(CC3)CC4)ncc2C(=O)NC2CCC(O)CC2)cc1Cl. The Balaban J connectivity index is 1.33. The smallest absolute Gasteiger partial charge is 0.256 e. The van der Waals surface area contributed by atoms with E-state index in [9.17, 15) is 9.90 Å². The molecule has 8 nitrogen and oxygen atoms in total.